The maximum absolute atomic E-state index is 11.8. The first-order chi connectivity index (χ1) is 18.5. The standard InChI is InChI=1S/C28H27Cl2N5O2S2/c1-16-14-19(11-12-22(16)33-39(4,36)37)35-27(26(32-28(35)38)23-9-5-6-13-31-23)20-15-17(2)34(18(20)3)24-10-7-8-21(29)25(24)30/h5-15,26-27,33H,1-4H3,(H,32,38)/t26-,27-/m1/s1. The van der Waals surface area contributed by atoms with Crippen molar-refractivity contribution < 1.29 is 8.42 Å². The van der Waals surface area contributed by atoms with Crippen LogP contribution in [0.2, 0.25) is 10.0 Å². The number of nitrogens with one attached hydrogen (secondary N) is 2. The van der Waals surface area contributed by atoms with Crippen molar-refractivity contribution in [1.29, 1.82) is 0 Å². The van der Waals surface area contributed by atoms with Gasteiger partial charge in [-0.2, -0.15) is 0 Å². The van der Waals surface area contributed by atoms with E-state index >= 15 is 0 Å². The Morgan fingerprint density at radius 1 is 1.03 bits per heavy atom. The fourth-order valence-electron chi connectivity index (χ4n) is 5.18. The molecule has 0 amide bonds. The van der Waals surface area contributed by atoms with Crippen LogP contribution in [0.25, 0.3) is 5.69 Å². The fraction of sp³-hybridized carbons (Fsp3) is 0.214. The zero-order chi connectivity index (χ0) is 28.1. The number of hydrogen-bond donors (Lipinski definition) is 2. The first-order valence-electron chi connectivity index (χ1n) is 12.2. The third kappa shape index (κ3) is 5.24. The molecule has 0 spiro atoms. The minimum atomic E-state index is -3.41. The van der Waals surface area contributed by atoms with Gasteiger partial charge in [0.2, 0.25) is 10.0 Å². The minimum Gasteiger partial charge on any atom is -0.351 e. The Kier molecular flexibility index (Phi) is 7.37. The number of anilines is 2. The predicted octanol–water partition coefficient (Wildman–Crippen LogP) is 6.65. The monoisotopic (exact) mass is 599 g/mol. The van der Waals surface area contributed by atoms with Crippen LogP contribution in [-0.4, -0.2) is 29.3 Å². The van der Waals surface area contributed by atoms with Gasteiger partial charge in [-0.25, -0.2) is 8.42 Å². The average Bonchev–Trinajstić information content (AvgIpc) is 3.37. The molecule has 0 bridgehead atoms. The molecule has 0 unspecified atom stereocenters. The number of pyridine rings is 1. The molecule has 202 valence electrons. The number of nitrogens with zero attached hydrogens (tertiary/aromatic N) is 3. The second-order valence-corrected chi connectivity index (χ2v) is 12.5. The Hall–Kier alpha value is -3.11. The van der Waals surface area contributed by atoms with Gasteiger partial charge < -0.3 is 14.8 Å². The molecule has 2 aromatic carbocycles. The first kappa shape index (κ1) is 27.5. The number of rotatable bonds is 6. The molecule has 1 fully saturated rings. The van der Waals surface area contributed by atoms with Crippen LogP contribution in [0.5, 0.6) is 0 Å². The maximum atomic E-state index is 11.8. The largest absolute Gasteiger partial charge is 0.351 e. The van der Waals surface area contributed by atoms with Crippen molar-refractivity contribution in [3.05, 3.63) is 105 Å². The summed E-state index contributed by atoms with van der Waals surface area (Å²) in [6.07, 6.45) is 2.90. The van der Waals surface area contributed by atoms with Crippen LogP contribution in [0.4, 0.5) is 11.4 Å². The van der Waals surface area contributed by atoms with Crippen molar-refractivity contribution in [2.45, 2.75) is 32.9 Å². The SMILES string of the molecule is Cc1cc(N2C(=S)N[C@H](c3ccccn3)[C@H]2c2cc(C)n(-c3cccc(Cl)c3Cl)c2C)ccc1NS(C)(=O)=O. The summed E-state index contributed by atoms with van der Waals surface area (Å²) in [5.41, 5.74) is 6.81. The fourth-order valence-corrected chi connectivity index (χ4v) is 6.54. The highest BCUT2D eigenvalue weighted by atomic mass is 35.5. The van der Waals surface area contributed by atoms with Gasteiger partial charge in [0.25, 0.3) is 0 Å². The van der Waals surface area contributed by atoms with Crippen LogP contribution in [-0.2, 0) is 10.0 Å². The molecule has 2 N–H and O–H groups in total. The molecule has 39 heavy (non-hydrogen) atoms. The molecule has 2 atom stereocenters. The second kappa shape index (κ2) is 10.5. The van der Waals surface area contributed by atoms with Gasteiger partial charge >= 0.3 is 0 Å². The molecule has 4 aromatic rings. The lowest BCUT2D eigenvalue weighted by atomic mass is 9.96. The molecule has 1 saturated heterocycles. The van der Waals surface area contributed by atoms with Crippen molar-refractivity contribution in [3.8, 4) is 5.69 Å². The van der Waals surface area contributed by atoms with Crippen molar-refractivity contribution in [2.24, 2.45) is 0 Å². The summed E-state index contributed by atoms with van der Waals surface area (Å²) in [7, 11) is -3.41. The van der Waals surface area contributed by atoms with Crippen LogP contribution >= 0.6 is 35.4 Å². The van der Waals surface area contributed by atoms with E-state index in [0.29, 0.717) is 20.8 Å². The Morgan fingerprint density at radius 3 is 2.46 bits per heavy atom. The molecule has 11 heteroatoms. The first-order valence-corrected chi connectivity index (χ1v) is 15.2. The van der Waals surface area contributed by atoms with Crippen LogP contribution in [0, 0.1) is 20.8 Å². The van der Waals surface area contributed by atoms with E-state index in [0.717, 1.165) is 45.8 Å². The molecule has 1 aliphatic heterocycles. The van der Waals surface area contributed by atoms with Gasteiger partial charge in [0.1, 0.15) is 0 Å². The van der Waals surface area contributed by atoms with Crippen LogP contribution < -0.4 is 14.9 Å². The molecule has 7 nitrogen and oxygen atoms in total. The van der Waals surface area contributed by atoms with Crippen molar-refractivity contribution in [1.82, 2.24) is 14.9 Å². The van der Waals surface area contributed by atoms with E-state index in [9.17, 15) is 8.42 Å². The van der Waals surface area contributed by atoms with Crippen LogP contribution in [0.3, 0.4) is 0 Å². The molecule has 1 aliphatic rings. The van der Waals surface area contributed by atoms with E-state index in [1.807, 2.05) is 56.3 Å². The number of benzene rings is 2. The van der Waals surface area contributed by atoms with Gasteiger partial charge in [-0.1, -0.05) is 35.3 Å². The summed E-state index contributed by atoms with van der Waals surface area (Å²) in [5, 5.41) is 4.99. The summed E-state index contributed by atoms with van der Waals surface area (Å²) in [6.45, 7) is 5.95. The molecule has 3 heterocycles. The molecule has 2 aromatic heterocycles. The van der Waals surface area contributed by atoms with E-state index < -0.39 is 10.0 Å². The summed E-state index contributed by atoms with van der Waals surface area (Å²) in [6, 6.07) is 18.6. The minimum absolute atomic E-state index is 0.239. The number of sulfonamides is 1. The molecular formula is C28H27Cl2N5O2S2. The van der Waals surface area contributed by atoms with Gasteiger partial charge in [0.15, 0.2) is 5.11 Å². The summed E-state index contributed by atoms with van der Waals surface area (Å²) >= 11 is 18.9. The van der Waals surface area contributed by atoms with E-state index in [2.05, 4.69) is 37.5 Å². The van der Waals surface area contributed by atoms with E-state index in [1.54, 1.807) is 18.3 Å². The normalized spacial score (nSPS) is 17.4. The summed E-state index contributed by atoms with van der Waals surface area (Å²) < 4.78 is 28.3. The third-order valence-electron chi connectivity index (χ3n) is 6.84. The van der Waals surface area contributed by atoms with Crippen molar-refractivity contribution >= 4 is 61.9 Å². The maximum Gasteiger partial charge on any atom is 0.229 e. The van der Waals surface area contributed by atoms with E-state index in [-0.39, 0.29) is 12.1 Å². The van der Waals surface area contributed by atoms with Crippen molar-refractivity contribution in [3.63, 3.8) is 0 Å². The van der Waals surface area contributed by atoms with Gasteiger partial charge in [-0.05, 0) is 92.6 Å². The van der Waals surface area contributed by atoms with Gasteiger partial charge in [-0.15, -0.1) is 0 Å². The van der Waals surface area contributed by atoms with E-state index in [4.69, 9.17) is 35.4 Å². The van der Waals surface area contributed by atoms with Crippen molar-refractivity contribution in [2.75, 3.05) is 15.9 Å². The van der Waals surface area contributed by atoms with Crippen LogP contribution in [0.15, 0.2) is 66.9 Å². The molecular weight excluding hydrogens is 573 g/mol. The highest BCUT2D eigenvalue weighted by Crippen LogP contribution is 2.45. The van der Waals surface area contributed by atoms with Gasteiger partial charge in [0.05, 0.1) is 45.5 Å². The number of halogens is 2. The van der Waals surface area contributed by atoms with Crippen LogP contribution in [0.1, 0.15) is 40.3 Å². The lowest BCUT2D eigenvalue weighted by Crippen LogP contribution is -2.29. The molecule has 0 aliphatic carbocycles. The van der Waals surface area contributed by atoms with Gasteiger partial charge in [-0.3, -0.25) is 9.71 Å². The lowest BCUT2D eigenvalue weighted by molar-refractivity contribution is 0.565. The van der Waals surface area contributed by atoms with Gasteiger partial charge in [0, 0.05) is 23.3 Å². The highest BCUT2D eigenvalue weighted by molar-refractivity contribution is 7.92. The van der Waals surface area contributed by atoms with E-state index in [1.165, 1.54) is 0 Å². The molecule has 0 saturated carbocycles. The molecule has 0 radical (unpaired) electrons. The predicted molar refractivity (Wildman–Crippen MR) is 163 cm³/mol. The Morgan fingerprint density at radius 2 is 1.79 bits per heavy atom. The Labute approximate surface area is 243 Å². The summed E-state index contributed by atoms with van der Waals surface area (Å²) in [4.78, 5) is 6.71. The summed E-state index contributed by atoms with van der Waals surface area (Å²) in [5.74, 6) is 0. The Bertz CT molecular complexity index is 1690. The highest BCUT2D eigenvalue weighted by Gasteiger charge is 2.42. The second-order valence-electron chi connectivity index (χ2n) is 9.60. The third-order valence-corrected chi connectivity index (χ3v) is 8.56. The Balaban J connectivity index is 1.67. The average molecular weight is 601 g/mol. The molecule has 5 rings (SSSR count). The smallest absolute Gasteiger partial charge is 0.229 e. The zero-order valence-corrected chi connectivity index (χ0v) is 24.9. The zero-order valence-electron chi connectivity index (χ0n) is 21.7. The number of thiocarbonyl (C=S) groups is 1. The quantitative estimate of drug-likeness (QED) is 0.241. The number of aromatic nitrogens is 2. The lowest BCUT2D eigenvalue weighted by Gasteiger charge is -2.29. The number of hydrogen-bond acceptors (Lipinski definition) is 4. The number of aryl methyl sites for hydroxylation is 2. The topological polar surface area (TPSA) is 79.3 Å².